The van der Waals surface area contributed by atoms with Gasteiger partial charge in [0.2, 0.25) is 0 Å². The second-order valence-electron chi connectivity index (χ2n) is 5.55. The van der Waals surface area contributed by atoms with Crippen LogP contribution in [0.2, 0.25) is 0 Å². The Morgan fingerprint density at radius 3 is 1.73 bits per heavy atom. The van der Waals surface area contributed by atoms with Crippen LogP contribution in [-0.2, 0) is 0 Å². The van der Waals surface area contributed by atoms with E-state index in [1.807, 2.05) is 43.3 Å². The van der Waals surface area contributed by atoms with Crippen molar-refractivity contribution in [1.82, 2.24) is 4.98 Å². The molecular weight excluding hydrogens is 350 g/mol. The van der Waals surface area contributed by atoms with Crippen molar-refractivity contribution in [2.24, 2.45) is 0 Å². The van der Waals surface area contributed by atoms with Crippen molar-refractivity contribution in [3.63, 3.8) is 0 Å². The zero-order chi connectivity index (χ0) is 18.7. The van der Waals surface area contributed by atoms with E-state index in [1.165, 1.54) is 0 Å². The van der Waals surface area contributed by atoms with Crippen LogP contribution in [0.3, 0.4) is 0 Å². The summed E-state index contributed by atoms with van der Waals surface area (Å²) in [5, 5.41) is 0.986. The van der Waals surface area contributed by atoms with Gasteiger partial charge in [-0.3, -0.25) is 0 Å². The number of hydrogen-bond acceptors (Lipinski definition) is 6. The van der Waals surface area contributed by atoms with Crippen LogP contribution in [0, 0.1) is 6.92 Å². The van der Waals surface area contributed by atoms with Crippen LogP contribution in [-0.4, -0.2) is 33.4 Å². The van der Waals surface area contributed by atoms with Gasteiger partial charge in [0, 0.05) is 5.56 Å². The lowest BCUT2D eigenvalue weighted by Crippen LogP contribution is -1.92. The number of hydrogen-bond donors (Lipinski definition) is 0. The molecule has 0 unspecified atom stereocenters. The topological polar surface area (TPSA) is 49.8 Å². The molecule has 0 saturated heterocycles. The van der Waals surface area contributed by atoms with Crippen molar-refractivity contribution in [2.45, 2.75) is 6.92 Å². The number of nitrogens with zero attached hydrogens (tertiary/aromatic N) is 1. The van der Waals surface area contributed by atoms with Crippen LogP contribution in [0.4, 0.5) is 0 Å². The summed E-state index contributed by atoms with van der Waals surface area (Å²) in [7, 11) is 6.51. The van der Waals surface area contributed by atoms with E-state index in [1.54, 1.807) is 39.8 Å². The third kappa shape index (κ3) is 3.32. The van der Waals surface area contributed by atoms with E-state index >= 15 is 0 Å². The van der Waals surface area contributed by atoms with Gasteiger partial charge in [-0.15, -0.1) is 11.3 Å². The maximum absolute atomic E-state index is 5.44. The van der Waals surface area contributed by atoms with E-state index in [2.05, 4.69) is 0 Å². The summed E-state index contributed by atoms with van der Waals surface area (Å²) in [5.74, 6) is 2.75. The molecule has 0 bridgehead atoms. The largest absolute Gasteiger partial charge is 0.493 e. The van der Waals surface area contributed by atoms with E-state index in [0.29, 0.717) is 23.0 Å². The molecule has 3 aromatic rings. The molecule has 0 aliphatic carbocycles. The molecule has 0 atom stereocenters. The molecule has 0 N–H and O–H groups in total. The van der Waals surface area contributed by atoms with Crippen molar-refractivity contribution in [1.29, 1.82) is 0 Å². The zero-order valence-electron chi connectivity index (χ0n) is 15.5. The summed E-state index contributed by atoms with van der Waals surface area (Å²) in [6, 6.07) is 11.7. The van der Waals surface area contributed by atoms with Crippen LogP contribution in [0.5, 0.6) is 23.0 Å². The highest BCUT2D eigenvalue weighted by molar-refractivity contribution is 7.15. The minimum absolute atomic E-state index is 0.675. The van der Waals surface area contributed by atoms with Gasteiger partial charge >= 0.3 is 0 Å². The summed E-state index contributed by atoms with van der Waals surface area (Å²) in [6.07, 6.45) is 0. The molecule has 0 saturated carbocycles. The molecule has 6 heteroatoms. The summed E-state index contributed by atoms with van der Waals surface area (Å²) in [5.41, 5.74) is 2.90. The first-order valence-electron chi connectivity index (χ1n) is 8.03. The van der Waals surface area contributed by atoms with E-state index in [0.717, 1.165) is 26.7 Å². The molecule has 26 heavy (non-hydrogen) atoms. The van der Waals surface area contributed by atoms with Gasteiger partial charge in [-0.25, -0.2) is 4.98 Å². The van der Waals surface area contributed by atoms with Gasteiger partial charge in [-0.05, 0) is 48.9 Å². The number of thiazole rings is 1. The lowest BCUT2D eigenvalue weighted by atomic mass is 10.1. The number of aromatic nitrogens is 1. The molecule has 0 aliphatic rings. The standard InChI is InChI=1S/C20H21NO4S/c1-12-21-19(13-6-8-15(22-2)17(10-13)24-4)20(26-12)14-7-9-16(23-3)18(11-14)25-5/h6-11H,1-5H3. The molecule has 3 rings (SSSR count). The van der Waals surface area contributed by atoms with E-state index in [4.69, 9.17) is 23.9 Å². The third-order valence-electron chi connectivity index (χ3n) is 4.04. The van der Waals surface area contributed by atoms with E-state index in [9.17, 15) is 0 Å². The quantitative estimate of drug-likeness (QED) is 0.622. The summed E-state index contributed by atoms with van der Waals surface area (Å²) in [4.78, 5) is 5.80. The third-order valence-corrected chi connectivity index (χ3v) is 5.06. The molecule has 0 spiro atoms. The number of aryl methyl sites for hydroxylation is 1. The summed E-state index contributed by atoms with van der Waals surface area (Å²) >= 11 is 1.64. The fourth-order valence-electron chi connectivity index (χ4n) is 2.78. The minimum atomic E-state index is 0.675. The molecule has 0 fully saturated rings. The zero-order valence-corrected chi connectivity index (χ0v) is 16.3. The van der Waals surface area contributed by atoms with Crippen LogP contribution in [0.15, 0.2) is 36.4 Å². The minimum Gasteiger partial charge on any atom is -0.493 e. The van der Waals surface area contributed by atoms with Crippen molar-refractivity contribution in [3.8, 4) is 44.7 Å². The predicted octanol–water partition coefficient (Wildman–Crippen LogP) is 4.82. The van der Waals surface area contributed by atoms with Crippen molar-refractivity contribution < 1.29 is 18.9 Å². The van der Waals surface area contributed by atoms with Gasteiger partial charge in [0.15, 0.2) is 23.0 Å². The summed E-state index contributed by atoms with van der Waals surface area (Å²) < 4.78 is 21.5. The number of ether oxygens (including phenoxy) is 4. The monoisotopic (exact) mass is 371 g/mol. The molecule has 0 aliphatic heterocycles. The fraction of sp³-hybridized carbons (Fsp3) is 0.250. The first-order chi connectivity index (χ1) is 12.6. The Morgan fingerprint density at radius 1 is 0.692 bits per heavy atom. The van der Waals surface area contributed by atoms with Gasteiger partial charge in [0.05, 0.1) is 44.0 Å². The Balaban J connectivity index is 2.12. The SMILES string of the molecule is COc1ccc(-c2nc(C)sc2-c2ccc(OC)c(OC)c2)cc1OC. The Kier molecular flexibility index (Phi) is 5.32. The predicted molar refractivity (Wildman–Crippen MR) is 104 cm³/mol. The Labute approximate surface area is 157 Å². The highest BCUT2D eigenvalue weighted by atomic mass is 32.1. The van der Waals surface area contributed by atoms with Crippen LogP contribution in [0.25, 0.3) is 21.7 Å². The van der Waals surface area contributed by atoms with Crippen molar-refractivity contribution in [3.05, 3.63) is 41.4 Å². The lowest BCUT2D eigenvalue weighted by molar-refractivity contribution is 0.355. The van der Waals surface area contributed by atoms with Gasteiger partial charge in [-0.1, -0.05) is 0 Å². The van der Waals surface area contributed by atoms with E-state index < -0.39 is 0 Å². The number of benzene rings is 2. The highest BCUT2D eigenvalue weighted by Gasteiger charge is 2.17. The number of methoxy groups -OCH3 is 4. The smallest absolute Gasteiger partial charge is 0.161 e. The lowest BCUT2D eigenvalue weighted by Gasteiger charge is -2.11. The van der Waals surface area contributed by atoms with Gasteiger partial charge in [-0.2, -0.15) is 0 Å². The van der Waals surface area contributed by atoms with Crippen LogP contribution >= 0.6 is 11.3 Å². The maximum Gasteiger partial charge on any atom is 0.161 e. The average molecular weight is 371 g/mol. The second kappa shape index (κ2) is 7.66. The molecular formula is C20H21NO4S. The fourth-order valence-corrected chi connectivity index (χ4v) is 3.72. The Morgan fingerprint density at radius 2 is 1.19 bits per heavy atom. The van der Waals surface area contributed by atoms with Crippen LogP contribution in [0.1, 0.15) is 5.01 Å². The average Bonchev–Trinajstić information content (AvgIpc) is 3.08. The molecule has 0 amide bonds. The summed E-state index contributed by atoms with van der Waals surface area (Å²) in [6.45, 7) is 2.00. The Hall–Kier alpha value is -2.73. The van der Waals surface area contributed by atoms with Gasteiger partial charge in [0.1, 0.15) is 0 Å². The number of rotatable bonds is 6. The van der Waals surface area contributed by atoms with Crippen LogP contribution < -0.4 is 18.9 Å². The van der Waals surface area contributed by atoms with E-state index in [-0.39, 0.29) is 0 Å². The first kappa shape index (κ1) is 18.1. The first-order valence-corrected chi connectivity index (χ1v) is 8.85. The molecule has 2 aromatic carbocycles. The molecule has 136 valence electrons. The maximum atomic E-state index is 5.44. The second-order valence-corrected chi connectivity index (χ2v) is 6.75. The van der Waals surface area contributed by atoms with Gasteiger partial charge < -0.3 is 18.9 Å². The molecule has 1 aromatic heterocycles. The van der Waals surface area contributed by atoms with Crippen molar-refractivity contribution in [2.75, 3.05) is 28.4 Å². The Bertz CT molecular complexity index is 847. The van der Waals surface area contributed by atoms with Crippen molar-refractivity contribution >= 4 is 11.3 Å². The molecule has 5 nitrogen and oxygen atoms in total. The van der Waals surface area contributed by atoms with Gasteiger partial charge in [0.25, 0.3) is 0 Å². The normalized spacial score (nSPS) is 10.5. The highest BCUT2D eigenvalue weighted by Crippen LogP contribution is 2.42. The molecule has 0 radical (unpaired) electrons. The molecule has 1 heterocycles.